The van der Waals surface area contributed by atoms with Gasteiger partial charge in [0.25, 0.3) is 0 Å². The molecular weight excluding hydrogens is 302 g/mol. The molecule has 1 saturated heterocycles. The van der Waals surface area contributed by atoms with Gasteiger partial charge in [-0.3, -0.25) is 0 Å². The molecule has 6 nitrogen and oxygen atoms in total. The minimum atomic E-state index is -3.20. The van der Waals surface area contributed by atoms with Crippen molar-refractivity contribution in [3.05, 3.63) is 29.3 Å². The van der Waals surface area contributed by atoms with Crippen molar-refractivity contribution in [2.24, 2.45) is 0 Å². The van der Waals surface area contributed by atoms with Crippen LogP contribution in [0.25, 0.3) is 0 Å². The van der Waals surface area contributed by atoms with Crippen molar-refractivity contribution in [1.29, 1.82) is 0 Å². The maximum absolute atomic E-state index is 12.1. The number of amides is 2. The van der Waals surface area contributed by atoms with E-state index in [0.29, 0.717) is 13.1 Å². The van der Waals surface area contributed by atoms with E-state index in [2.05, 4.69) is 10.6 Å². The third kappa shape index (κ3) is 4.71. The molecule has 0 aromatic heterocycles. The molecule has 22 heavy (non-hydrogen) atoms. The predicted octanol–water partition coefficient (Wildman–Crippen LogP) is 1.85. The normalized spacial score (nSPS) is 19.7. The van der Waals surface area contributed by atoms with Crippen molar-refractivity contribution in [2.75, 3.05) is 24.7 Å². The van der Waals surface area contributed by atoms with Crippen LogP contribution in [0.2, 0.25) is 0 Å². The van der Waals surface area contributed by atoms with Gasteiger partial charge in [-0.2, -0.15) is 0 Å². The lowest BCUT2D eigenvalue weighted by Gasteiger charge is -2.31. The molecule has 1 aliphatic heterocycles. The summed E-state index contributed by atoms with van der Waals surface area (Å²) in [6.45, 7) is 4.80. The monoisotopic (exact) mass is 325 g/mol. The fourth-order valence-corrected chi connectivity index (χ4v) is 3.67. The molecule has 122 valence electrons. The molecule has 7 heteroatoms. The van der Waals surface area contributed by atoms with Gasteiger partial charge in [-0.1, -0.05) is 6.07 Å². The van der Waals surface area contributed by atoms with Gasteiger partial charge in [-0.25, -0.2) is 17.5 Å². The first-order valence-corrected chi connectivity index (χ1v) is 9.20. The molecule has 0 unspecified atom stereocenters. The molecule has 0 spiro atoms. The number of rotatable bonds is 3. The summed E-state index contributed by atoms with van der Waals surface area (Å²) < 4.78 is 24.6. The summed E-state index contributed by atoms with van der Waals surface area (Å²) in [5, 5.41) is 5.66. The third-order valence-electron chi connectivity index (χ3n) is 3.67. The standard InChI is InChI=1S/C15H23N3O3S/c1-11-7-12(2)9-14(8-11)17-15(19)16-13-5-4-6-18(10-13)22(3,20)21/h7-9,13H,4-6,10H2,1-3H3,(H2,16,17,19)/t13-/m0/s1. The van der Waals surface area contributed by atoms with E-state index in [1.165, 1.54) is 10.6 Å². The van der Waals surface area contributed by atoms with Gasteiger partial charge < -0.3 is 10.6 Å². The van der Waals surface area contributed by atoms with E-state index in [1.807, 2.05) is 32.0 Å². The largest absolute Gasteiger partial charge is 0.334 e. The molecule has 1 fully saturated rings. The lowest BCUT2D eigenvalue weighted by molar-refractivity contribution is 0.236. The molecule has 0 radical (unpaired) electrons. The minimum Gasteiger partial charge on any atom is -0.334 e. The molecule has 2 amide bonds. The Morgan fingerprint density at radius 2 is 1.86 bits per heavy atom. The Morgan fingerprint density at radius 3 is 2.45 bits per heavy atom. The molecular formula is C15H23N3O3S. The number of carbonyl (C=O) groups excluding carboxylic acids is 1. The van der Waals surface area contributed by atoms with E-state index < -0.39 is 10.0 Å². The molecule has 1 aromatic carbocycles. The van der Waals surface area contributed by atoms with Gasteiger partial charge in [-0.15, -0.1) is 0 Å². The number of benzene rings is 1. The quantitative estimate of drug-likeness (QED) is 0.890. The van der Waals surface area contributed by atoms with Crippen LogP contribution in [0, 0.1) is 13.8 Å². The topological polar surface area (TPSA) is 78.5 Å². The SMILES string of the molecule is Cc1cc(C)cc(NC(=O)N[C@H]2CCCN(S(C)(=O)=O)C2)c1. The molecule has 1 atom stereocenters. The number of carbonyl (C=O) groups is 1. The predicted molar refractivity (Wildman–Crippen MR) is 87.5 cm³/mol. The summed E-state index contributed by atoms with van der Waals surface area (Å²) in [6, 6.07) is 5.38. The average Bonchev–Trinajstić information content (AvgIpc) is 2.36. The Labute approximate surface area is 131 Å². The summed E-state index contributed by atoms with van der Waals surface area (Å²) >= 11 is 0. The van der Waals surface area contributed by atoms with Crippen LogP contribution < -0.4 is 10.6 Å². The first kappa shape index (κ1) is 16.8. The van der Waals surface area contributed by atoms with Crippen LogP contribution in [0.5, 0.6) is 0 Å². The van der Waals surface area contributed by atoms with Crippen LogP contribution in [0.4, 0.5) is 10.5 Å². The Morgan fingerprint density at radius 1 is 1.23 bits per heavy atom. The van der Waals surface area contributed by atoms with Crippen LogP contribution in [-0.4, -0.2) is 44.1 Å². The van der Waals surface area contributed by atoms with Gasteiger partial charge in [0, 0.05) is 24.8 Å². The zero-order chi connectivity index (χ0) is 16.3. The average molecular weight is 325 g/mol. The number of nitrogens with zero attached hydrogens (tertiary/aromatic N) is 1. The van der Waals surface area contributed by atoms with Crippen LogP contribution in [0.1, 0.15) is 24.0 Å². The first-order valence-electron chi connectivity index (χ1n) is 7.35. The highest BCUT2D eigenvalue weighted by atomic mass is 32.2. The molecule has 0 bridgehead atoms. The molecule has 0 saturated carbocycles. The smallest absolute Gasteiger partial charge is 0.319 e. The third-order valence-corrected chi connectivity index (χ3v) is 4.94. The Balaban J connectivity index is 1.94. The van der Waals surface area contributed by atoms with Crippen molar-refractivity contribution in [2.45, 2.75) is 32.7 Å². The van der Waals surface area contributed by atoms with Gasteiger partial charge in [-0.05, 0) is 49.9 Å². The van der Waals surface area contributed by atoms with Crippen LogP contribution in [-0.2, 0) is 10.0 Å². The van der Waals surface area contributed by atoms with Crippen molar-refractivity contribution < 1.29 is 13.2 Å². The van der Waals surface area contributed by atoms with E-state index >= 15 is 0 Å². The summed E-state index contributed by atoms with van der Waals surface area (Å²) in [7, 11) is -3.20. The molecule has 1 aromatic rings. The molecule has 2 N–H and O–H groups in total. The van der Waals surface area contributed by atoms with Crippen molar-refractivity contribution >= 4 is 21.7 Å². The number of anilines is 1. The van der Waals surface area contributed by atoms with E-state index in [9.17, 15) is 13.2 Å². The summed E-state index contributed by atoms with van der Waals surface area (Å²) in [5.74, 6) is 0. The first-order chi connectivity index (χ1) is 10.2. The fraction of sp³-hybridized carbons (Fsp3) is 0.533. The zero-order valence-electron chi connectivity index (χ0n) is 13.2. The number of hydrogen-bond donors (Lipinski definition) is 2. The second-order valence-corrected chi connectivity index (χ2v) is 7.92. The minimum absolute atomic E-state index is 0.158. The second kappa shape index (κ2) is 6.66. The lowest BCUT2D eigenvalue weighted by atomic mass is 10.1. The van der Waals surface area contributed by atoms with E-state index in [-0.39, 0.29) is 12.1 Å². The van der Waals surface area contributed by atoms with Crippen molar-refractivity contribution in [1.82, 2.24) is 9.62 Å². The summed E-state index contributed by atoms with van der Waals surface area (Å²) in [4.78, 5) is 12.1. The highest BCUT2D eigenvalue weighted by Gasteiger charge is 2.26. The molecule has 1 heterocycles. The Kier molecular flexibility index (Phi) is 5.08. The Bertz CT molecular complexity index is 638. The van der Waals surface area contributed by atoms with Crippen LogP contribution in [0.3, 0.4) is 0 Å². The summed E-state index contributed by atoms with van der Waals surface area (Å²) in [6.07, 6.45) is 2.73. The Hall–Kier alpha value is -1.60. The number of nitrogens with one attached hydrogen (secondary N) is 2. The van der Waals surface area contributed by atoms with Crippen molar-refractivity contribution in [3.63, 3.8) is 0 Å². The maximum Gasteiger partial charge on any atom is 0.319 e. The second-order valence-electron chi connectivity index (χ2n) is 5.94. The van der Waals surface area contributed by atoms with Crippen LogP contribution in [0.15, 0.2) is 18.2 Å². The number of hydrogen-bond acceptors (Lipinski definition) is 3. The van der Waals surface area contributed by atoms with Gasteiger partial charge in [0.2, 0.25) is 10.0 Å². The highest BCUT2D eigenvalue weighted by molar-refractivity contribution is 7.88. The van der Waals surface area contributed by atoms with Gasteiger partial charge >= 0.3 is 6.03 Å². The molecule has 1 aliphatic rings. The summed E-state index contributed by atoms with van der Waals surface area (Å²) in [5.41, 5.74) is 2.90. The number of piperidine rings is 1. The van der Waals surface area contributed by atoms with E-state index in [1.54, 1.807) is 0 Å². The number of aryl methyl sites for hydroxylation is 2. The molecule has 2 rings (SSSR count). The van der Waals surface area contributed by atoms with Gasteiger partial charge in [0.05, 0.1) is 6.26 Å². The van der Waals surface area contributed by atoms with Crippen LogP contribution >= 0.6 is 0 Å². The number of sulfonamides is 1. The van der Waals surface area contributed by atoms with E-state index in [4.69, 9.17) is 0 Å². The zero-order valence-corrected chi connectivity index (χ0v) is 14.0. The van der Waals surface area contributed by atoms with Gasteiger partial charge in [0.1, 0.15) is 0 Å². The van der Waals surface area contributed by atoms with Crippen molar-refractivity contribution in [3.8, 4) is 0 Å². The van der Waals surface area contributed by atoms with Gasteiger partial charge in [0.15, 0.2) is 0 Å². The van der Waals surface area contributed by atoms with E-state index in [0.717, 1.165) is 29.7 Å². The fourth-order valence-electron chi connectivity index (χ4n) is 2.76. The number of urea groups is 1. The lowest BCUT2D eigenvalue weighted by Crippen LogP contribution is -2.50. The highest BCUT2D eigenvalue weighted by Crippen LogP contribution is 2.15. The maximum atomic E-state index is 12.1. The molecule has 0 aliphatic carbocycles.